The number of fused-ring (bicyclic) bond motifs is 1. The third-order valence-electron chi connectivity index (χ3n) is 3.03. The Morgan fingerprint density at radius 3 is 2.94 bits per heavy atom. The van der Waals surface area contributed by atoms with Crippen LogP contribution in [0.3, 0.4) is 0 Å². The summed E-state index contributed by atoms with van der Waals surface area (Å²) in [5.74, 6) is 0. The van der Waals surface area contributed by atoms with Crippen molar-refractivity contribution in [2.75, 3.05) is 20.2 Å². The van der Waals surface area contributed by atoms with Crippen molar-refractivity contribution >= 4 is 16.3 Å². The third kappa shape index (κ3) is 2.01. The van der Waals surface area contributed by atoms with Crippen LogP contribution in [0.2, 0.25) is 0 Å². The van der Waals surface area contributed by atoms with Gasteiger partial charge in [0.1, 0.15) is 6.04 Å². The predicted octanol–water partition coefficient (Wildman–Crippen LogP) is 1.50. The van der Waals surface area contributed by atoms with Crippen molar-refractivity contribution in [3.63, 3.8) is 0 Å². The van der Waals surface area contributed by atoms with Gasteiger partial charge in [-0.3, -0.25) is 9.30 Å². The Balaban J connectivity index is 2.54. The van der Waals surface area contributed by atoms with E-state index in [-0.39, 0.29) is 12.6 Å². The van der Waals surface area contributed by atoms with Crippen molar-refractivity contribution in [1.29, 1.82) is 5.26 Å². The van der Waals surface area contributed by atoms with E-state index >= 15 is 0 Å². The van der Waals surface area contributed by atoms with Gasteiger partial charge in [0, 0.05) is 17.6 Å². The molecular weight excluding hydrogens is 248 g/mol. The standard InChI is InChI=1S/C12H16N4OS/c1-8-7-18-12-14-9(2)11(16(8)12)10(6-13)15(3)4-5-17/h7,10,17H,4-5H2,1-3H3. The van der Waals surface area contributed by atoms with Gasteiger partial charge in [-0.25, -0.2) is 4.98 Å². The molecule has 2 aromatic heterocycles. The second kappa shape index (κ2) is 5.06. The lowest BCUT2D eigenvalue weighted by Crippen LogP contribution is -2.28. The molecule has 96 valence electrons. The lowest BCUT2D eigenvalue weighted by Gasteiger charge is -2.21. The summed E-state index contributed by atoms with van der Waals surface area (Å²) < 4.78 is 2.03. The maximum atomic E-state index is 9.40. The van der Waals surface area contributed by atoms with Crippen molar-refractivity contribution < 1.29 is 5.11 Å². The van der Waals surface area contributed by atoms with E-state index in [1.165, 1.54) is 0 Å². The first-order valence-corrected chi connectivity index (χ1v) is 6.62. The van der Waals surface area contributed by atoms with Crippen LogP contribution in [0.5, 0.6) is 0 Å². The van der Waals surface area contributed by atoms with E-state index in [2.05, 4.69) is 11.1 Å². The molecule has 0 saturated carbocycles. The van der Waals surface area contributed by atoms with Gasteiger partial charge in [-0.2, -0.15) is 5.26 Å². The molecule has 0 aliphatic carbocycles. The molecule has 0 aliphatic rings. The predicted molar refractivity (Wildman–Crippen MR) is 70.6 cm³/mol. The number of nitrogens with zero attached hydrogens (tertiary/aromatic N) is 4. The molecule has 0 bridgehead atoms. The molecule has 0 fully saturated rings. The monoisotopic (exact) mass is 264 g/mol. The summed E-state index contributed by atoms with van der Waals surface area (Å²) in [6, 6.07) is 1.91. The molecule has 1 N–H and O–H groups in total. The van der Waals surface area contributed by atoms with Crippen molar-refractivity contribution in [1.82, 2.24) is 14.3 Å². The smallest absolute Gasteiger partial charge is 0.194 e. The number of hydrogen-bond donors (Lipinski definition) is 1. The van der Waals surface area contributed by atoms with E-state index in [0.29, 0.717) is 6.54 Å². The van der Waals surface area contributed by atoms with Crippen LogP contribution in [-0.2, 0) is 0 Å². The molecule has 5 nitrogen and oxygen atoms in total. The molecular formula is C12H16N4OS. The Kier molecular flexibility index (Phi) is 3.66. The molecule has 1 unspecified atom stereocenters. The fourth-order valence-corrected chi connectivity index (χ4v) is 3.02. The molecule has 1 atom stereocenters. The molecule has 0 aromatic carbocycles. The van der Waals surface area contributed by atoms with Crippen LogP contribution in [0.4, 0.5) is 0 Å². The van der Waals surface area contributed by atoms with E-state index in [9.17, 15) is 5.26 Å². The second-order valence-corrected chi connectivity index (χ2v) is 5.15. The highest BCUT2D eigenvalue weighted by Gasteiger charge is 2.24. The second-order valence-electron chi connectivity index (χ2n) is 4.31. The van der Waals surface area contributed by atoms with Crippen molar-refractivity contribution in [3.8, 4) is 6.07 Å². The maximum absolute atomic E-state index is 9.40. The van der Waals surface area contributed by atoms with Gasteiger partial charge >= 0.3 is 0 Å². The minimum Gasteiger partial charge on any atom is -0.395 e. The van der Waals surface area contributed by atoms with Crippen LogP contribution >= 0.6 is 11.3 Å². The molecule has 0 amide bonds. The van der Waals surface area contributed by atoms with Gasteiger partial charge in [-0.1, -0.05) is 0 Å². The molecule has 6 heteroatoms. The summed E-state index contributed by atoms with van der Waals surface area (Å²) in [7, 11) is 1.84. The van der Waals surface area contributed by atoms with Gasteiger partial charge in [-0.05, 0) is 20.9 Å². The molecule has 2 rings (SSSR count). The highest BCUT2D eigenvalue weighted by atomic mass is 32.1. The molecule has 2 heterocycles. The van der Waals surface area contributed by atoms with Crippen LogP contribution in [0, 0.1) is 25.2 Å². The third-order valence-corrected chi connectivity index (χ3v) is 3.97. The number of rotatable bonds is 4. The zero-order valence-electron chi connectivity index (χ0n) is 10.7. The number of aryl methyl sites for hydroxylation is 2. The number of likely N-dealkylation sites (N-methyl/N-ethyl adjacent to an activating group) is 1. The van der Waals surface area contributed by atoms with Gasteiger partial charge in [0.2, 0.25) is 0 Å². The van der Waals surface area contributed by atoms with E-state index in [1.807, 2.05) is 35.6 Å². The quantitative estimate of drug-likeness (QED) is 0.909. The fraction of sp³-hybridized carbons (Fsp3) is 0.500. The largest absolute Gasteiger partial charge is 0.395 e. The Hall–Kier alpha value is -1.42. The first-order chi connectivity index (χ1) is 8.60. The maximum Gasteiger partial charge on any atom is 0.194 e. The van der Waals surface area contributed by atoms with Crippen molar-refractivity contribution in [3.05, 3.63) is 22.5 Å². The SMILES string of the molecule is Cc1nc2scc(C)n2c1C(C#N)N(C)CCO. The van der Waals surface area contributed by atoms with Crippen molar-refractivity contribution in [2.45, 2.75) is 19.9 Å². The average molecular weight is 264 g/mol. The summed E-state index contributed by atoms with van der Waals surface area (Å²) in [6.45, 7) is 4.44. The van der Waals surface area contributed by atoms with E-state index in [1.54, 1.807) is 11.3 Å². The first-order valence-electron chi connectivity index (χ1n) is 5.74. The van der Waals surface area contributed by atoms with Crippen LogP contribution in [0.1, 0.15) is 23.1 Å². The van der Waals surface area contributed by atoms with E-state index < -0.39 is 0 Å². The van der Waals surface area contributed by atoms with Gasteiger partial charge in [0.05, 0.1) is 24.1 Å². The molecule has 2 aromatic rings. The molecule has 0 spiro atoms. The van der Waals surface area contributed by atoms with E-state index in [4.69, 9.17) is 5.11 Å². The number of aliphatic hydroxyl groups is 1. The van der Waals surface area contributed by atoms with Gasteiger partial charge in [-0.15, -0.1) is 11.3 Å². The fourth-order valence-electron chi connectivity index (χ4n) is 2.10. The van der Waals surface area contributed by atoms with Crippen LogP contribution in [-0.4, -0.2) is 39.6 Å². The van der Waals surface area contributed by atoms with Crippen LogP contribution in [0.15, 0.2) is 5.38 Å². The number of thiazole rings is 1. The Morgan fingerprint density at radius 1 is 1.61 bits per heavy atom. The van der Waals surface area contributed by atoms with Crippen LogP contribution < -0.4 is 0 Å². The number of aliphatic hydroxyl groups excluding tert-OH is 1. The van der Waals surface area contributed by atoms with Crippen LogP contribution in [0.25, 0.3) is 4.96 Å². The van der Waals surface area contributed by atoms with Crippen molar-refractivity contribution in [2.24, 2.45) is 0 Å². The molecule has 0 aliphatic heterocycles. The molecule has 0 radical (unpaired) electrons. The van der Waals surface area contributed by atoms with Gasteiger partial charge in [0.15, 0.2) is 4.96 Å². The highest BCUT2D eigenvalue weighted by molar-refractivity contribution is 7.15. The Bertz CT molecular complexity index is 595. The number of nitriles is 1. The normalized spacial score (nSPS) is 13.1. The summed E-state index contributed by atoms with van der Waals surface area (Å²) >= 11 is 1.58. The number of aromatic nitrogens is 2. The van der Waals surface area contributed by atoms with E-state index in [0.717, 1.165) is 22.0 Å². The lowest BCUT2D eigenvalue weighted by atomic mass is 10.1. The zero-order chi connectivity index (χ0) is 13.3. The molecule has 18 heavy (non-hydrogen) atoms. The number of imidazole rings is 1. The lowest BCUT2D eigenvalue weighted by molar-refractivity contribution is 0.200. The first kappa shape index (κ1) is 13.0. The van der Waals surface area contributed by atoms with Gasteiger partial charge < -0.3 is 5.11 Å². The minimum absolute atomic E-state index is 0.0400. The highest BCUT2D eigenvalue weighted by Crippen LogP contribution is 2.27. The minimum atomic E-state index is -0.388. The summed E-state index contributed by atoms with van der Waals surface area (Å²) in [5, 5.41) is 20.4. The Morgan fingerprint density at radius 2 is 2.33 bits per heavy atom. The molecule has 0 saturated heterocycles. The topological polar surface area (TPSA) is 64.6 Å². The zero-order valence-corrected chi connectivity index (χ0v) is 11.5. The summed E-state index contributed by atoms with van der Waals surface area (Å²) in [5.41, 5.74) is 2.87. The number of hydrogen-bond acceptors (Lipinski definition) is 5. The van der Waals surface area contributed by atoms with Gasteiger partial charge in [0.25, 0.3) is 0 Å². The summed E-state index contributed by atoms with van der Waals surface area (Å²) in [6.07, 6.45) is 0. The average Bonchev–Trinajstić information content (AvgIpc) is 2.82. The Labute approximate surface area is 110 Å². The summed E-state index contributed by atoms with van der Waals surface area (Å²) in [4.78, 5) is 7.24.